The van der Waals surface area contributed by atoms with Gasteiger partial charge in [-0.3, -0.25) is 0 Å². The molecule has 2 aromatic rings. The number of furan rings is 1. The van der Waals surface area contributed by atoms with Gasteiger partial charge in [-0.05, 0) is 61.9 Å². The highest BCUT2D eigenvalue weighted by Gasteiger charge is 2.18. The van der Waals surface area contributed by atoms with Gasteiger partial charge in [0.25, 0.3) is 0 Å². The van der Waals surface area contributed by atoms with Gasteiger partial charge >= 0.3 is 0 Å². The zero-order chi connectivity index (χ0) is 11.3. The van der Waals surface area contributed by atoms with Crippen LogP contribution in [0.3, 0.4) is 0 Å². The number of benzene rings is 1. The lowest BCUT2D eigenvalue weighted by atomic mass is 10.0. The summed E-state index contributed by atoms with van der Waals surface area (Å²) in [6.45, 7) is 4.07. The number of halogens is 1. The molecule has 3 rings (SSSR count). The normalized spacial score (nSPS) is 15.7. The van der Waals surface area contributed by atoms with Gasteiger partial charge in [-0.15, -0.1) is 12.4 Å². The van der Waals surface area contributed by atoms with Crippen LogP contribution in [-0.4, -0.2) is 0 Å². The molecule has 17 heavy (non-hydrogen) atoms. The highest BCUT2D eigenvalue weighted by atomic mass is 35.5. The molecular formula is C14H18ClNO. The lowest BCUT2D eigenvalue weighted by Gasteiger charge is -2.00. The largest absolute Gasteiger partial charge is 0.459 e. The average molecular weight is 252 g/mol. The zero-order valence-corrected chi connectivity index (χ0v) is 11.1. The molecule has 2 N–H and O–H groups in total. The van der Waals surface area contributed by atoms with Crippen molar-refractivity contribution in [3.05, 3.63) is 34.6 Å². The first-order valence-corrected chi connectivity index (χ1v) is 5.97. The third-order valence-corrected chi connectivity index (χ3v) is 3.60. The summed E-state index contributed by atoms with van der Waals surface area (Å²) in [4.78, 5) is 0. The van der Waals surface area contributed by atoms with Crippen molar-refractivity contribution in [2.45, 2.75) is 39.2 Å². The Kier molecular flexibility index (Phi) is 3.19. The number of hydrogen-bond acceptors (Lipinski definition) is 2. The van der Waals surface area contributed by atoms with E-state index in [0.717, 1.165) is 11.3 Å². The molecule has 1 aromatic carbocycles. The first-order valence-electron chi connectivity index (χ1n) is 5.97. The maximum atomic E-state index is 5.91. The monoisotopic (exact) mass is 251 g/mol. The number of rotatable bonds is 1. The van der Waals surface area contributed by atoms with Crippen LogP contribution in [0, 0.1) is 6.92 Å². The SMILES string of the molecule is Cc1c(C(C)N)oc2cc3c(cc12)CCC3.Cl. The lowest BCUT2D eigenvalue weighted by Crippen LogP contribution is -2.04. The molecule has 0 saturated carbocycles. The predicted molar refractivity (Wildman–Crippen MR) is 72.8 cm³/mol. The molecule has 0 fully saturated rings. The van der Waals surface area contributed by atoms with E-state index in [4.69, 9.17) is 10.2 Å². The second kappa shape index (κ2) is 4.35. The van der Waals surface area contributed by atoms with E-state index in [2.05, 4.69) is 19.1 Å². The molecule has 1 aliphatic carbocycles. The molecule has 0 radical (unpaired) electrons. The molecule has 1 unspecified atom stereocenters. The van der Waals surface area contributed by atoms with Gasteiger partial charge in [0.05, 0.1) is 6.04 Å². The number of hydrogen-bond donors (Lipinski definition) is 1. The fourth-order valence-corrected chi connectivity index (χ4v) is 2.74. The standard InChI is InChI=1S/C14H17NO.ClH/c1-8-12-6-10-4-3-5-11(10)7-13(12)16-14(8)9(2)15;/h6-7,9H,3-5,15H2,1-2H3;1H. The zero-order valence-electron chi connectivity index (χ0n) is 10.2. The van der Waals surface area contributed by atoms with E-state index in [9.17, 15) is 0 Å². The molecule has 1 aromatic heterocycles. The minimum atomic E-state index is -0.0257. The predicted octanol–water partition coefficient (Wildman–Crippen LogP) is 3.67. The van der Waals surface area contributed by atoms with Crippen molar-refractivity contribution < 1.29 is 4.42 Å². The van der Waals surface area contributed by atoms with Gasteiger partial charge in [0, 0.05) is 5.39 Å². The molecular weight excluding hydrogens is 234 g/mol. The van der Waals surface area contributed by atoms with E-state index < -0.39 is 0 Å². The van der Waals surface area contributed by atoms with Crippen molar-refractivity contribution in [1.29, 1.82) is 0 Å². The van der Waals surface area contributed by atoms with Crippen molar-refractivity contribution in [2.24, 2.45) is 5.73 Å². The third kappa shape index (κ3) is 1.85. The van der Waals surface area contributed by atoms with Crippen LogP contribution in [0.25, 0.3) is 11.0 Å². The lowest BCUT2D eigenvalue weighted by molar-refractivity contribution is 0.509. The quantitative estimate of drug-likeness (QED) is 0.840. The third-order valence-electron chi connectivity index (χ3n) is 3.60. The van der Waals surface area contributed by atoms with Crippen molar-refractivity contribution >= 4 is 23.4 Å². The maximum absolute atomic E-state index is 5.91. The molecule has 0 spiro atoms. The van der Waals surface area contributed by atoms with Gasteiger partial charge in [0.1, 0.15) is 11.3 Å². The fourth-order valence-electron chi connectivity index (χ4n) is 2.74. The van der Waals surface area contributed by atoms with E-state index in [1.807, 2.05) is 6.92 Å². The molecule has 1 aliphatic rings. The van der Waals surface area contributed by atoms with E-state index in [-0.39, 0.29) is 18.4 Å². The Morgan fingerprint density at radius 2 is 1.88 bits per heavy atom. The molecule has 0 saturated heterocycles. The first kappa shape index (κ1) is 12.5. The van der Waals surface area contributed by atoms with Crippen LogP contribution in [0.15, 0.2) is 16.5 Å². The summed E-state index contributed by atoms with van der Waals surface area (Å²) < 4.78 is 5.86. The minimum Gasteiger partial charge on any atom is -0.459 e. The number of fused-ring (bicyclic) bond motifs is 2. The maximum Gasteiger partial charge on any atom is 0.134 e. The highest BCUT2D eigenvalue weighted by molar-refractivity contribution is 5.85. The molecule has 1 atom stereocenters. The van der Waals surface area contributed by atoms with E-state index in [1.165, 1.54) is 41.3 Å². The summed E-state index contributed by atoms with van der Waals surface area (Å²) in [5.41, 5.74) is 11.1. The molecule has 3 heteroatoms. The van der Waals surface area contributed by atoms with Crippen molar-refractivity contribution in [3.8, 4) is 0 Å². The van der Waals surface area contributed by atoms with Gasteiger partial charge in [-0.2, -0.15) is 0 Å². The summed E-state index contributed by atoms with van der Waals surface area (Å²) in [5.74, 6) is 0.929. The summed E-state index contributed by atoms with van der Waals surface area (Å²) >= 11 is 0. The summed E-state index contributed by atoms with van der Waals surface area (Å²) in [5, 5.41) is 1.24. The Bertz CT molecular complexity index is 557. The van der Waals surface area contributed by atoms with E-state index in [1.54, 1.807) is 0 Å². The second-order valence-electron chi connectivity index (χ2n) is 4.85. The number of nitrogens with two attached hydrogens (primary N) is 1. The number of aryl methyl sites for hydroxylation is 3. The fraction of sp³-hybridized carbons (Fsp3) is 0.429. The second-order valence-corrected chi connectivity index (χ2v) is 4.85. The molecule has 0 aliphatic heterocycles. The van der Waals surface area contributed by atoms with Gasteiger partial charge in [-0.1, -0.05) is 0 Å². The molecule has 0 bridgehead atoms. The highest BCUT2D eigenvalue weighted by Crippen LogP contribution is 2.33. The Hall–Kier alpha value is -0.990. The average Bonchev–Trinajstić information content (AvgIpc) is 2.80. The Morgan fingerprint density at radius 1 is 1.24 bits per heavy atom. The minimum absolute atomic E-state index is 0. The summed E-state index contributed by atoms with van der Waals surface area (Å²) in [6.07, 6.45) is 3.68. The van der Waals surface area contributed by atoms with Gasteiger partial charge in [-0.25, -0.2) is 0 Å². The van der Waals surface area contributed by atoms with Crippen molar-refractivity contribution in [1.82, 2.24) is 0 Å². The molecule has 92 valence electrons. The van der Waals surface area contributed by atoms with E-state index >= 15 is 0 Å². The summed E-state index contributed by atoms with van der Waals surface area (Å²) in [6, 6.07) is 4.47. The van der Waals surface area contributed by atoms with Crippen LogP contribution in [0.4, 0.5) is 0 Å². The van der Waals surface area contributed by atoms with Crippen LogP contribution >= 0.6 is 12.4 Å². The van der Waals surface area contributed by atoms with Crippen LogP contribution in [0.2, 0.25) is 0 Å². The van der Waals surface area contributed by atoms with Crippen LogP contribution in [0.1, 0.15) is 41.8 Å². The van der Waals surface area contributed by atoms with Gasteiger partial charge in [0.15, 0.2) is 0 Å². The molecule has 1 heterocycles. The van der Waals surface area contributed by atoms with Crippen LogP contribution in [-0.2, 0) is 12.8 Å². The Labute approximate surface area is 108 Å². The van der Waals surface area contributed by atoms with Gasteiger partial charge < -0.3 is 10.2 Å². The molecule has 0 amide bonds. The van der Waals surface area contributed by atoms with Crippen LogP contribution < -0.4 is 5.73 Å². The van der Waals surface area contributed by atoms with Crippen molar-refractivity contribution in [2.75, 3.05) is 0 Å². The smallest absolute Gasteiger partial charge is 0.134 e. The topological polar surface area (TPSA) is 39.2 Å². The van der Waals surface area contributed by atoms with Crippen molar-refractivity contribution in [3.63, 3.8) is 0 Å². The Morgan fingerprint density at radius 3 is 2.53 bits per heavy atom. The molecule has 2 nitrogen and oxygen atoms in total. The van der Waals surface area contributed by atoms with Gasteiger partial charge in [0.2, 0.25) is 0 Å². The van der Waals surface area contributed by atoms with E-state index in [0.29, 0.717) is 0 Å². The first-order chi connectivity index (χ1) is 7.66. The van der Waals surface area contributed by atoms with Crippen LogP contribution in [0.5, 0.6) is 0 Å². The summed E-state index contributed by atoms with van der Waals surface area (Å²) in [7, 11) is 0. The Balaban J connectivity index is 0.00000108.